The summed E-state index contributed by atoms with van der Waals surface area (Å²) in [7, 11) is 0. The lowest BCUT2D eigenvalue weighted by atomic mass is 10.2. The SMILES string of the molecule is CCNC(=NCC1(Sc2ccccc2)CC1)NCCOCC1CCCO1. The summed E-state index contributed by atoms with van der Waals surface area (Å²) in [5.74, 6) is 0.883. The van der Waals surface area contributed by atoms with Gasteiger partial charge < -0.3 is 20.1 Å². The van der Waals surface area contributed by atoms with Gasteiger partial charge in [-0.05, 0) is 44.7 Å². The number of nitrogens with one attached hydrogen (secondary N) is 2. The zero-order valence-corrected chi connectivity index (χ0v) is 16.5. The molecule has 1 unspecified atom stereocenters. The Bertz CT molecular complexity index is 557. The Labute approximate surface area is 161 Å². The van der Waals surface area contributed by atoms with Gasteiger partial charge in [-0.1, -0.05) is 18.2 Å². The van der Waals surface area contributed by atoms with Gasteiger partial charge >= 0.3 is 0 Å². The number of rotatable bonds is 10. The number of nitrogens with zero attached hydrogens (tertiary/aromatic N) is 1. The predicted molar refractivity (Wildman–Crippen MR) is 108 cm³/mol. The van der Waals surface area contributed by atoms with E-state index in [2.05, 4.69) is 47.9 Å². The number of hydrogen-bond acceptors (Lipinski definition) is 4. The Kier molecular flexibility index (Phi) is 7.65. The molecule has 6 heteroatoms. The third kappa shape index (κ3) is 6.49. The summed E-state index contributed by atoms with van der Waals surface area (Å²) in [5.41, 5.74) is 0. The molecule has 0 radical (unpaired) electrons. The van der Waals surface area contributed by atoms with Crippen LogP contribution in [0.4, 0.5) is 0 Å². The summed E-state index contributed by atoms with van der Waals surface area (Å²) >= 11 is 1.96. The van der Waals surface area contributed by atoms with Gasteiger partial charge in [0.15, 0.2) is 5.96 Å². The number of benzene rings is 1. The molecule has 0 aromatic heterocycles. The van der Waals surface area contributed by atoms with Crippen molar-refractivity contribution in [2.45, 2.75) is 48.4 Å². The number of hydrogen-bond donors (Lipinski definition) is 2. The van der Waals surface area contributed by atoms with Crippen molar-refractivity contribution in [3.8, 4) is 0 Å². The highest BCUT2D eigenvalue weighted by Gasteiger charge is 2.43. The van der Waals surface area contributed by atoms with Crippen LogP contribution in [0.1, 0.15) is 32.6 Å². The van der Waals surface area contributed by atoms with Gasteiger partial charge in [0, 0.05) is 29.3 Å². The van der Waals surface area contributed by atoms with Crippen molar-refractivity contribution >= 4 is 17.7 Å². The Morgan fingerprint density at radius 3 is 2.85 bits per heavy atom. The minimum Gasteiger partial charge on any atom is -0.377 e. The number of guanidine groups is 1. The van der Waals surface area contributed by atoms with Crippen molar-refractivity contribution in [2.24, 2.45) is 4.99 Å². The Balaban J connectivity index is 1.38. The molecule has 2 N–H and O–H groups in total. The quantitative estimate of drug-likeness (QED) is 0.373. The first-order valence-corrected chi connectivity index (χ1v) is 10.6. The second-order valence-corrected chi connectivity index (χ2v) is 8.47. The molecule has 1 aromatic rings. The summed E-state index contributed by atoms with van der Waals surface area (Å²) in [4.78, 5) is 6.15. The van der Waals surface area contributed by atoms with Crippen LogP contribution in [0.5, 0.6) is 0 Å². The number of thioether (sulfide) groups is 1. The van der Waals surface area contributed by atoms with Crippen LogP contribution >= 0.6 is 11.8 Å². The molecule has 1 aliphatic carbocycles. The second kappa shape index (κ2) is 10.2. The van der Waals surface area contributed by atoms with Crippen LogP contribution in [0.15, 0.2) is 40.2 Å². The van der Waals surface area contributed by atoms with Gasteiger partial charge in [0.25, 0.3) is 0 Å². The minimum atomic E-state index is 0.278. The lowest BCUT2D eigenvalue weighted by Gasteiger charge is -2.16. The van der Waals surface area contributed by atoms with Crippen LogP contribution in [-0.2, 0) is 9.47 Å². The van der Waals surface area contributed by atoms with Gasteiger partial charge in [0.05, 0.1) is 25.9 Å². The zero-order chi connectivity index (χ0) is 18.1. The molecule has 1 aromatic carbocycles. The molecule has 3 rings (SSSR count). The van der Waals surface area contributed by atoms with E-state index in [0.717, 1.165) is 45.0 Å². The molecule has 1 aliphatic heterocycles. The monoisotopic (exact) mass is 377 g/mol. The van der Waals surface area contributed by atoms with E-state index in [4.69, 9.17) is 14.5 Å². The third-order valence-electron chi connectivity index (χ3n) is 4.62. The molecular formula is C20H31N3O2S. The molecule has 2 aliphatic rings. The Morgan fingerprint density at radius 2 is 2.15 bits per heavy atom. The van der Waals surface area contributed by atoms with Gasteiger partial charge in [0.1, 0.15) is 0 Å². The van der Waals surface area contributed by atoms with Crippen molar-refractivity contribution in [1.29, 1.82) is 0 Å². The Hall–Kier alpha value is -1.24. The van der Waals surface area contributed by atoms with Gasteiger partial charge in [-0.15, -0.1) is 11.8 Å². The first-order valence-electron chi connectivity index (χ1n) is 9.75. The zero-order valence-electron chi connectivity index (χ0n) is 15.7. The second-order valence-electron chi connectivity index (χ2n) is 6.93. The van der Waals surface area contributed by atoms with Crippen molar-refractivity contribution < 1.29 is 9.47 Å². The smallest absolute Gasteiger partial charge is 0.191 e. The first-order chi connectivity index (χ1) is 12.8. The van der Waals surface area contributed by atoms with E-state index >= 15 is 0 Å². The molecule has 26 heavy (non-hydrogen) atoms. The summed E-state index contributed by atoms with van der Waals surface area (Å²) in [6, 6.07) is 10.6. The van der Waals surface area contributed by atoms with Crippen LogP contribution in [0.2, 0.25) is 0 Å². The molecule has 1 saturated heterocycles. The van der Waals surface area contributed by atoms with Crippen molar-refractivity contribution in [2.75, 3.05) is 39.5 Å². The highest BCUT2D eigenvalue weighted by atomic mass is 32.2. The molecule has 5 nitrogen and oxygen atoms in total. The number of aliphatic imine (C=N–C) groups is 1. The maximum absolute atomic E-state index is 5.71. The summed E-state index contributed by atoms with van der Waals surface area (Å²) in [6.07, 6.45) is 5.05. The van der Waals surface area contributed by atoms with Crippen LogP contribution in [0.25, 0.3) is 0 Å². The Morgan fingerprint density at radius 1 is 1.31 bits per heavy atom. The number of ether oxygens (including phenoxy) is 2. The molecule has 1 atom stereocenters. The van der Waals surface area contributed by atoms with E-state index in [1.165, 1.54) is 17.7 Å². The highest BCUT2D eigenvalue weighted by molar-refractivity contribution is 8.01. The molecule has 1 saturated carbocycles. The molecule has 0 amide bonds. The summed E-state index contributed by atoms with van der Waals surface area (Å²) in [5, 5.41) is 6.70. The van der Waals surface area contributed by atoms with Gasteiger partial charge in [-0.2, -0.15) is 0 Å². The molecule has 1 heterocycles. The van der Waals surface area contributed by atoms with E-state index in [1.54, 1.807) is 0 Å². The van der Waals surface area contributed by atoms with Crippen LogP contribution in [0.3, 0.4) is 0 Å². The van der Waals surface area contributed by atoms with E-state index in [-0.39, 0.29) is 4.75 Å². The fraction of sp³-hybridized carbons (Fsp3) is 0.650. The van der Waals surface area contributed by atoms with Crippen molar-refractivity contribution in [3.05, 3.63) is 30.3 Å². The van der Waals surface area contributed by atoms with Gasteiger partial charge in [0.2, 0.25) is 0 Å². The van der Waals surface area contributed by atoms with E-state index < -0.39 is 0 Å². The van der Waals surface area contributed by atoms with Crippen LogP contribution in [-0.4, -0.2) is 56.3 Å². The summed E-state index contributed by atoms with van der Waals surface area (Å²) in [6.45, 7) is 6.82. The van der Waals surface area contributed by atoms with E-state index in [0.29, 0.717) is 19.3 Å². The fourth-order valence-corrected chi connectivity index (χ4v) is 4.20. The van der Waals surface area contributed by atoms with Gasteiger partial charge in [-0.3, -0.25) is 4.99 Å². The lowest BCUT2D eigenvalue weighted by Crippen LogP contribution is -2.39. The predicted octanol–water partition coefficient (Wildman–Crippen LogP) is 3.06. The molecular weight excluding hydrogens is 346 g/mol. The fourth-order valence-electron chi connectivity index (χ4n) is 2.97. The average Bonchev–Trinajstić information content (AvgIpc) is 3.21. The highest BCUT2D eigenvalue weighted by Crippen LogP contribution is 2.51. The first kappa shape index (κ1) is 19.5. The van der Waals surface area contributed by atoms with Gasteiger partial charge in [-0.25, -0.2) is 0 Å². The topological polar surface area (TPSA) is 54.9 Å². The normalized spacial score (nSPS) is 21.6. The molecule has 0 spiro atoms. The lowest BCUT2D eigenvalue weighted by molar-refractivity contribution is 0.0191. The molecule has 2 fully saturated rings. The van der Waals surface area contributed by atoms with Crippen LogP contribution < -0.4 is 10.6 Å². The van der Waals surface area contributed by atoms with E-state index in [1.807, 2.05) is 11.8 Å². The average molecular weight is 378 g/mol. The largest absolute Gasteiger partial charge is 0.377 e. The minimum absolute atomic E-state index is 0.278. The molecule has 0 bridgehead atoms. The van der Waals surface area contributed by atoms with E-state index in [9.17, 15) is 0 Å². The standard InChI is InChI=1S/C20H31N3O2S/c1-2-21-19(22-12-14-24-15-17-7-6-13-25-17)23-16-20(10-11-20)26-18-8-4-3-5-9-18/h3-5,8-9,17H,2,6-7,10-16H2,1H3,(H2,21,22,23). The maximum Gasteiger partial charge on any atom is 0.191 e. The third-order valence-corrected chi connectivity index (χ3v) is 6.10. The maximum atomic E-state index is 5.71. The van der Waals surface area contributed by atoms with Crippen molar-refractivity contribution in [1.82, 2.24) is 10.6 Å². The summed E-state index contributed by atoms with van der Waals surface area (Å²) < 4.78 is 11.6. The van der Waals surface area contributed by atoms with Crippen LogP contribution in [0, 0.1) is 0 Å². The molecule has 144 valence electrons. The van der Waals surface area contributed by atoms with Crippen molar-refractivity contribution in [3.63, 3.8) is 0 Å².